The molecule has 1 N–H and O–H groups in total. The zero-order valence-electron chi connectivity index (χ0n) is 17.4. The fourth-order valence-corrected chi connectivity index (χ4v) is 3.10. The monoisotopic (exact) mass is 437 g/mol. The van der Waals surface area contributed by atoms with Crippen LogP contribution >= 0.6 is 0 Å². The molecular formula is C20H23NO10. The van der Waals surface area contributed by atoms with E-state index in [1.54, 1.807) is 18.2 Å². The third-order valence-corrected chi connectivity index (χ3v) is 4.28. The van der Waals surface area contributed by atoms with E-state index in [-0.39, 0.29) is 5.56 Å². The van der Waals surface area contributed by atoms with Crippen LogP contribution in [0.4, 0.5) is 0 Å². The van der Waals surface area contributed by atoms with Gasteiger partial charge in [0.2, 0.25) is 6.10 Å². The Morgan fingerprint density at radius 1 is 0.935 bits per heavy atom. The van der Waals surface area contributed by atoms with Crippen LogP contribution in [0.3, 0.4) is 0 Å². The highest BCUT2D eigenvalue weighted by Crippen LogP contribution is 2.32. The van der Waals surface area contributed by atoms with Gasteiger partial charge in [-0.25, -0.2) is 4.79 Å². The minimum absolute atomic E-state index is 0.169. The number of ether oxygens (including phenoxy) is 5. The standard InChI is InChI=1S/C20H23NO10/c1-11(22)29-15-10-28-20(19(26)27-4,21-18(25)14-8-6-5-7-9-14)17(31-13(3)24)16(15)30-12(2)23/h5-9,15-17H,10H2,1-4H3,(H,21,25)/t15-,16+,17-,20+/m0/s1. The van der Waals surface area contributed by atoms with Gasteiger partial charge in [-0.15, -0.1) is 0 Å². The van der Waals surface area contributed by atoms with Crippen molar-refractivity contribution in [2.75, 3.05) is 13.7 Å². The summed E-state index contributed by atoms with van der Waals surface area (Å²) in [5.74, 6) is -4.30. The zero-order valence-corrected chi connectivity index (χ0v) is 17.4. The van der Waals surface area contributed by atoms with Crippen molar-refractivity contribution in [1.82, 2.24) is 5.32 Å². The SMILES string of the molecule is COC(=O)[C@]1(NC(=O)c2ccccc2)OC[C@H](OC(C)=O)[C@@H](OC(C)=O)[C@@H]1OC(C)=O. The Balaban J connectivity index is 2.55. The average molecular weight is 437 g/mol. The second-order valence-electron chi connectivity index (χ2n) is 6.61. The van der Waals surface area contributed by atoms with Gasteiger partial charge in [-0.1, -0.05) is 18.2 Å². The van der Waals surface area contributed by atoms with Gasteiger partial charge in [-0.3, -0.25) is 19.2 Å². The molecule has 1 aliphatic heterocycles. The molecule has 31 heavy (non-hydrogen) atoms. The Bertz CT molecular complexity index is 855. The van der Waals surface area contributed by atoms with Crippen LogP contribution in [0, 0.1) is 0 Å². The van der Waals surface area contributed by atoms with Gasteiger partial charge >= 0.3 is 23.9 Å². The molecular weight excluding hydrogens is 414 g/mol. The lowest BCUT2D eigenvalue weighted by Gasteiger charge is -2.46. The van der Waals surface area contributed by atoms with Crippen LogP contribution in [-0.4, -0.2) is 67.5 Å². The summed E-state index contributed by atoms with van der Waals surface area (Å²) >= 11 is 0. The topological polar surface area (TPSA) is 144 Å². The van der Waals surface area contributed by atoms with Gasteiger partial charge in [-0.05, 0) is 12.1 Å². The van der Waals surface area contributed by atoms with E-state index in [2.05, 4.69) is 5.32 Å². The van der Waals surface area contributed by atoms with Crippen LogP contribution in [0.1, 0.15) is 31.1 Å². The fourth-order valence-electron chi connectivity index (χ4n) is 3.10. The Labute approximate surface area is 177 Å². The van der Waals surface area contributed by atoms with Crippen molar-refractivity contribution >= 4 is 29.8 Å². The molecule has 0 spiro atoms. The summed E-state index contributed by atoms with van der Waals surface area (Å²) in [5, 5.41) is 2.39. The minimum atomic E-state index is -2.38. The predicted molar refractivity (Wildman–Crippen MR) is 101 cm³/mol. The first-order valence-corrected chi connectivity index (χ1v) is 9.22. The summed E-state index contributed by atoms with van der Waals surface area (Å²) in [4.78, 5) is 60.7. The summed E-state index contributed by atoms with van der Waals surface area (Å²) in [6, 6.07) is 7.85. The van der Waals surface area contributed by atoms with Crippen LogP contribution in [-0.2, 0) is 42.9 Å². The Morgan fingerprint density at radius 3 is 2.03 bits per heavy atom. The van der Waals surface area contributed by atoms with Crippen molar-refractivity contribution in [3.8, 4) is 0 Å². The molecule has 0 unspecified atom stereocenters. The maximum absolute atomic E-state index is 12.8. The number of benzene rings is 1. The summed E-state index contributed by atoms with van der Waals surface area (Å²) in [6.07, 6.45) is -4.43. The molecule has 1 aliphatic rings. The molecule has 11 heteroatoms. The molecule has 168 valence electrons. The zero-order chi connectivity index (χ0) is 23.2. The molecule has 4 atom stereocenters. The van der Waals surface area contributed by atoms with Gasteiger partial charge in [0, 0.05) is 26.3 Å². The molecule has 1 amide bonds. The summed E-state index contributed by atoms with van der Waals surface area (Å²) in [5.41, 5.74) is -2.22. The number of carbonyl (C=O) groups excluding carboxylic acids is 5. The fraction of sp³-hybridized carbons (Fsp3) is 0.450. The summed E-state index contributed by atoms with van der Waals surface area (Å²) < 4.78 is 26.0. The average Bonchev–Trinajstić information content (AvgIpc) is 2.71. The van der Waals surface area contributed by atoms with E-state index in [1.807, 2.05) is 0 Å². The highest BCUT2D eigenvalue weighted by Gasteiger charge is 2.62. The van der Waals surface area contributed by atoms with Crippen molar-refractivity contribution in [2.24, 2.45) is 0 Å². The van der Waals surface area contributed by atoms with E-state index in [0.29, 0.717) is 0 Å². The highest BCUT2D eigenvalue weighted by molar-refractivity contribution is 5.98. The largest absolute Gasteiger partial charge is 0.465 e. The van der Waals surface area contributed by atoms with Crippen LogP contribution in [0.2, 0.25) is 0 Å². The number of esters is 4. The van der Waals surface area contributed by atoms with Gasteiger partial charge in [0.1, 0.15) is 0 Å². The second kappa shape index (κ2) is 10.0. The van der Waals surface area contributed by atoms with E-state index < -0.39 is 60.4 Å². The molecule has 1 heterocycles. The lowest BCUT2D eigenvalue weighted by atomic mass is 9.92. The van der Waals surface area contributed by atoms with Crippen LogP contribution in [0.25, 0.3) is 0 Å². The maximum atomic E-state index is 12.8. The molecule has 1 fully saturated rings. The Hall–Kier alpha value is -3.47. The Morgan fingerprint density at radius 2 is 1.52 bits per heavy atom. The van der Waals surface area contributed by atoms with Gasteiger partial charge < -0.3 is 29.0 Å². The highest BCUT2D eigenvalue weighted by atomic mass is 16.7. The normalized spacial score (nSPS) is 25.0. The molecule has 2 rings (SSSR count). The van der Waals surface area contributed by atoms with E-state index in [9.17, 15) is 24.0 Å². The first kappa shape index (κ1) is 23.8. The molecule has 0 aliphatic carbocycles. The van der Waals surface area contributed by atoms with Crippen molar-refractivity contribution in [1.29, 1.82) is 0 Å². The smallest absolute Gasteiger partial charge is 0.363 e. The molecule has 0 aromatic heterocycles. The molecule has 0 radical (unpaired) electrons. The lowest BCUT2D eigenvalue weighted by molar-refractivity contribution is -0.262. The molecule has 11 nitrogen and oxygen atoms in total. The first-order chi connectivity index (χ1) is 14.6. The van der Waals surface area contributed by atoms with Gasteiger partial charge in [0.15, 0.2) is 12.2 Å². The number of hydrogen-bond acceptors (Lipinski definition) is 10. The maximum Gasteiger partial charge on any atom is 0.363 e. The minimum Gasteiger partial charge on any atom is -0.465 e. The van der Waals surface area contributed by atoms with E-state index >= 15 is 0 Å². The van der Waals surface area contributed by atoms with Crippen molar-refractivity contribution in [3.63, 3.8) is 0 Å². The van der Waals surface area contributed by atoms with Crippen molar-refractivity contribution in [3.05, 3.63) is 35.9 Å². The second-order valence-corrected chi connectivity index (χ2v) is 6.61. The Kier molecular flexibility index (Phi) is 7.70. The molecule has 0 bridgehead atoms. The van der Waals surface area contributed by atoms with Gasteiger partial charge in [-0.2, -0.15) is 0 Å². The van der Waals surface area contributed by atoms with Gasteiger partial charge in [0.25, 0.3) is 11.6 Å². The molecule has 0 saturated carbocycles. The number of methoxy groups -OCH3 is 1. The van der Waals surface area contributed by atoms with E-state index in [4.69, 9.17) is 23.7 Å². The lowest BCUT2D eigenvalue weighted by Crippen LogP contribution is -2.73. The van der Waals surface area contributed by atoms with Crippen LogP contribution in [0.5, 0.6) is 0 Å². The first-order valence-electron chi connectivity index (χ1n) is 9.22. The predicted octanol–water partition coefficient (Wildman–Crippen LogP) is 0.111. The third kappa shape index (κ3) is 5.57. The summed E-state index contributed by atoms with van der Waals surface area (Å²) in [6.45, 7) is 2.76. The number of rotatable bonds is 6. The number of carbonyl (C=O) groups is 5. The van der Waals surface area contributed by atoms with Crippen LogP contribution in [0.15, 0.2) is 30.3 Å². The molecule has 1 aromatic rings. The van der Waals surface area contributed by atoms with Crippen LogP contribution < -0.4 is 5.32 Å². The molecule has 1 saturated heterocycles. The quantitative estimate of drug-likeness (QED) is 0.481. The third-order valence-electron chi connectivity index (χ3n) is 4.28. The van der Waals surface area contributed by atoms with Crippen molar-refractivity contribution in [2.45, 2.75) is 44.8 Å². The van der Waals surface area contributed by atoms with Crippen molar-refractivity contribution < 1.29 is 47.7 Å². The summed E-state index contributed by atoms with van der Waals surface area (Å²) in [7, 11) is 1.03. The number of nitrogens with one attached hydrogen (secondary N) is 1. The van der Waals surface area contributed by atoms with E-state index in [0.717, 1.165) is 27.9 Å². The molecule has 1 aromatic carbocycles. The number of hydrogen-bond donors (Lipinski definition) is 1. The van der Waals surface area contributed by atoms with E-state index in [1.165, 1.54) is 12.1 Å². The van der Waals surface area contributed by atoms with Gasteiger partial charge in [0.05, 0.1) is 13.7 Å². The number of amides is 1.